The number of methoxy groups -OCH3 is 1. The Bertz CT molecular complexity index is 992. The highest BCUT2D eigenvalue weighted by Crippen LogP contribution is 2.26. The first-order valence-corrected chi connectivity index (χ1v) is 10.6. The Kier molecular flexibility index (Phi) is 7.95. The summed E-state index contributed by atoms with van der Waals surface area (Å²) in [6, 6.07) is 23.7. The molecule has 6 nitrogen and oxygen atoms in total. The lowest BCUT2D eigenvalue weighted by Crippen LogP contribution is -2.22. The van der Waals surface area contributed by atoms with E-state index in [1.807, 2.05) is 37.3 Å². The molecule has 2 N–H and O–H groups in total. The summed E-state index contributed by atoms with van der Waals surface area (Å²) in [5.41, 5.74) is 1.38. The SMILES string of the molecule is COc1ccc(NC(=O)C(C)Sc2ccc(NC(=O)COc3ccccc3)cc2)cc1. The van der Waals surface area contributed by atoms with Crippen molar-refractivity contribution in [3.63, 3.8) is 0 Å². The van der Waals surface area contributed by atoms with Crippen molar-refractivity contribution in [3.05, 3.63) is 78.9 Å². The van der Waals surface area contributed by atoms with Crippen LogP contribution < -0.4 is 20.1 Å². The van der Waals surface area contributed by atoms with E-state index in [-0.39, 0.29) is 23.7 Å². The Balaban J connectivity index is 1.46. The van der Waals surface area contributed by atoms with Gasteiger partial charge in [-0.05, 0) is 67.6 Å². The Labute approximate surface area is 186 Å². The molecule has 1 atom stereocenters. The predicted molar refractivity (Wildman–Crippen MR) is 124 cm³/mol. The largest absolute Gasteiger partial charge is 0.497 e. The molecule has 0 heterocycles. The summed E-state index contributed by atoms with van der Waals surface area (Å²) < 4.78 is 10.6. The van der Waals surface area contributed by atoms with Crippen molar-refractivity contribution in [1.29, 1.82) is 0 Å². The fraction of sp³-hybridized carbons (Fsp3) is 0.167. The van der Waals surface area contributed by atoms with Gasteiger partial charge in [-0.3, -0.25) is 9.59 Å². The maximum atomic E-state index is 12.4. The van der Waals surface area contributed by atoms with Crippen LogP contribution in [-0.4, -0.2) is 30.8 Å². The van der Waals surface area contributed by atoms with Gasteiger partial charge in [0.15, 0.2) is 6.61 Å². The van der Waals surface area contributed by atoms with E-state index in [9.17, 15) is 9.59 Å². The molecule has 0 spiro atoms. The van der Waals surface area contributed by atoms with Crippen LogP contribution in [0.4, 0.5) is 11.4 Å². The van der Waals surface area contributed by atoms with Gasteiger partial charge < -0.3 is 20.1 Å². The molecule has 2 amide bonds. The molecule has 0 fully saturated rings. The number of thioether (sulfide) groups is 1. The second-order valence-electron chi connectivity index (χ2n) is 6.65. The van der Waals surface area contributed by atoms with E-state index < -0.39 is 0 Å². The van der Waals surface area contributed by atoms with Crippen LogP contribution in [0.5, 0.6) is 11.5 Å². The van der Waals surface area contributed by atoms with Gasteiger partial charge in [-0.15, -0.1) is 11.8 Å². The van der Waals surface area contributed by atoms with E-state index in [4.69, 9.17) is 9.47 Å². The number of benzene rings is 3. The fourth-order valence-electron chi connectivity index (χ4n) is 2.66. The van der Waals surface area contributed by atoms with Gasteiger partial charge in [0.2, 0.25) is 5.91 Å². The molecule has 0 saturated heterocycles. The lowest BCUT2D eigenvalue weighted by atomic mass is 10.3. The smallest absolute Gasteiger partial charge is 0.262 e. The highest BCUT2D eigenvalue weighted by Gasteiger charge is 2.15. The van der Waals surface area contributed by atoms with Crippen LogP contribution >= 0.6 is 11.8 Å². The topological polar surface area (TPSA) is 76.7 Å². The van der Waals surface area contributed by atoms with Crippen LogP contribution in [0.25, 0.3) is 0 Å². The van der Waals surface area contributed by atoms with Crippen molar-refractivity contribution < 1.29 is 19.1 Å². The van der Waals surface area contributed by atoms with Crippen LogP contribution in [0.2, 0.25) is 0 Å². The molecule has 0 saturated carbocycles. The van der Waals surface area contributed by atoms with E-state index >= 15 is 0 Å². The molecule has 0 aliphatic rings. The summed E-state index contributed by atoms with van der Waals surface area (Å²) in [7, 11) is 1.60. The Morgan fingerprint density at radius 2 is 1.45 bits per heavy atom. The van der Waals surface area contributed by atoms with Gasteiger partial charge in [-0.1, -0.05) is 18.2 Å². The molecule has 31 heavy (non-hydrogen) atoms. The second-order valence-corrected chi connectivity index (χ2v) is 8.07. The number of anilines is 2. The zero-order valence-electron chi connectivity index (χ0n) is 17.3. The summed E-state index contributed by atoms with van der Waals surface area (Å²) in [5, 5.41) is 5.40. The van der Waals surface area contributed by atoms with Crippen molar-refractivity contribution in [2.24, 2.45) is 0 Å². The van der Waals surface area contributed by atoms with Crippen LogP contribution in [0, 0.1) is 0 Å². The first kappa shape index (κ1) is 22.2. The standard InChI is InChI=1S/C24H24N2O4S/c1-17(24(28)26-19-8-12-20(29-2)13-9-19)31-22-14-10-18(11-15-22)25-23(27)16-30-21-6-4-3-5-7-21/h3-15,17H,16H2,1-2H3,(H,25,27)(H,26,28). The number of hydrogen-bond acceptors (Lipinski definition) is 5. The van der Waals surface area contributed by atoms with Crippen LogP contribution in [0.3, 0.4) is 0 Å². The van der Waals surface area contributed by atoms with Crippen LogP contribution in [0.15, 0.2) is 83.8 Å². The Hall–Kier alpha value is -3.45. The number of amides is 2. The summed E-state index contributed by atoms with van der Waals surface area (Å²) in [5.74, 6) is 1.05. The number of carbonyl (C=O) groups is 2. The van der Waals surface area contributed by atoms with E-state index in [0.29, 0.717) is 17.1 Å². The summed E-state index contributed by atoms with van der Waals surface area (Å²) in [6.07, 6.45) is 0. The van der Waals surface area contributed by atoms with Crippen molar-refractivity contribution in [3.8, 4) is 11.5 Å². The molecule has 0 bridgehead atoms. The highest BCUT2D eigenvalue weighted by atomic mass is 32.2. The average Bonchev–Trinajstić information content (AvgIpc) is 2.80. The van der Waals surface area contributed by atoms with Gasteiger partial charge in [0.05, 0.1) is 12.4 Å². The number of hydrogen-bond donors (Lipinski definition) is 2. The molecule has 0 aliphatic carbocycles. The first-order valence-electron chi connectivity index (χ1n) is 9.73. The molecule has 0 aliphatic heterocycles. The van der Waals surface area contributed by atoms with Crippen molar-refractivity contribution >= 4 is 35.0 Å². The lowest BCUT2D eigenvalue weighted by Gasteiger charge is -2.13. The minimum absolute atomic E-state index is 0.0664. The fourth-order valence-corrected chi connectivity index (χ4v) is 3.52. The predicted octanol–water partition coefficient (Wildman–Crippen LogP) is 4.83. The summed E-state index contributed by atoms with van der Waals surface area (Å²) in [6.45, 7) is 1.78. The van der Waals surface area contributed by atoms with E-state index in [2.05, 4.69) is 10.6 Å². The van der Waals surface area contributed by atoms with Crippen LogP contribution in [0.1, 0.15) is 6.92 Å². The number of nitrogens with one attached hydrogen (secondary N) is 2. The third-order valence-corrected chi connectivity index (χ3v) is 5.40. The summed E-state index contributed by atoms with van der Waals surface area (Å²) >= 11 is 1.44. The normalized spacial score (nSPS) is 11.3. The zero-order valence-corrected chi connectivity index (χ0v) is 18.1. The van der Waals surface area contributed by atoms with Crippen molar-refractivity contribution in [1.82, 2.24) is 0 Å². The van der Waals surface area contributed by atoms with Gasteiger partial charge in [-0.2, -0.15) is 0 Å². The number of ether oxygens (including phenoxy) is 2. The second kappa shape index (κ2) is 11.1. The lowest BCUT2D eigenvalue weighted by molar-refractivity contribution is -0.118. The number of carbonyl (C=O) groups excluding carboxylic acids is 2. The quantitative estimate of drug-likeness (QED) is 0.470. The van der Waals surface area contributed by atoms with Crippen molar-refractivity contribution in [2.75, 3.05) is 24.4 Å². The molecular weight excluding hydrogens is 412 g/mol. The van der Waals surface area contributed by atoms with Gasteiger partial charge in [-0.25, -0.2) is 0 Å². The average molecular weight is 437 g/mol. The maximum Gasteiger partial charge on any atom is 0.262 e. The monoisotopic (exact) mass is 436 g/mol. The Morgan fingerprint density at radius 3 is 2.10 bits per heavy atom. The van der Waals surface area contributed by atoms with Gasteiger partial charge in [0.1, 0.15) is 11.5 Å². The summed E-state index contributed by atoms with van der Waals surface area (Å²) in [4.78, 5) is 25.4. The number of rotatable bonds is 9. The zero-order chi connectivity index (χ0) is 22.1. The molecule has 3 aromatic rings. The molecule has 0 aromatic heterocycles. The molecule has 3 aromatic carbocycles. The third-order valence-electron chi connectivity index (χ3n) is 4.29. The van der Waals surface area contributed by atoms with E-state index in [1.165, 1.54) is 11.8 Å². The maximum absolute atomic E-state index is 12.4. The molecule has 0 radical (unpaired) electrons. The van der Waals surface area contributed by atoms with Gasteiger partial charge in [0.25, 0.3) is 5.91 Å². The molecule has 7 heteroatoms. The van der Waals surface area contributed by atoms with Crippen LogP contribution in [-0.2, 0) is 9.59 Å². The molecule has 1 unspecified atom stereocenters. The molecular formula is C24H24N2O4S. The molecule has 3 rings (SSSR count). The van der Waals surface area contributed by atoms with Gasteiger partial charge in [0, 0.05) is 16.3 Å². The molecule has 160 valence electrons. The minimum atomic E-state index is -0.290. The first-order chi connectivity index (χ1) is 15.0. The van der Waals surface area contributed by atoms with Crippen molar-refractivity contribution in [2.45, 2.75) is 17.1 Å². The highest BCUT2D eigenvalue weighted by molar-refractivity contribution is 8.00. The third kappa shape index (κ3) is 7.08. The van der Waals surface area contributed by atoms with E-state index in [1.54, 1.807) is 55.6 Å². The van der Waals surface area contributed by atoms with E-state index in [0.717, 1.165) is 10.6 Å². The number of para-hydroxylation sites is 1. The minimum Gasteiger partial charge on any atom is -0.497 e. The Morgan fingerprint density at radius 1 is 0.839 bits per heavy atom. The van der Waals surface area contributed by atoms with Gasteiger partial charge >= 0.3 is 0 Å².